The van der Waals surface area contributed by atoms with Gasteiger partial charge in [0.2, 0.25) is 5.51 Å². The molecule has 4 nitrogen and oxygen atoms in total. The van der Waals surface area contributed by atoms with Crippen LogP contribution < -0.4 is 27.3 Å². The standard InChI is InChI=1S/C8H12N2O2S.BrH/c1-2-10-4-6(13-5-10)3-7(9)8(11)12;/h4-5,7H,2-3,9H2,1H3;1H/t7-;/m0./s1. The third-order valence-corrected chi connectivity index (χ3v) is 2.70. The van der Waals surface area contributed by atoms with E-state index in [1.165, 1.54) is 11.3 Å². The zero-order valence-electron chi connectivity index (χ0n) is 7.81. The number of nitrogens with zero attached hydrogens (tertiary/aromatic N) is 1. The molecule has 0 radical (unpaired) electrons. The number of hydrogen-bond donors (Lipinski definition) is 2. The van der Waals surface area contributed by atoms with Crippen LogP contribution in [0.3, 0.4) is 0 Å². The lowest BCUT2D eigenvalue weighted by Gasteiger charge is -2.00. The smallest absolute Gasteiger partial charge is 0.320 e. The van der Waals surface area contributed by atoms with Gasteiger partial charge >= 0.3 is 5.97 Å². The van der Waals surface area contributed by atoms with Gasteiger partial charge in [-0.25, -0.2) is 0 Å². The van der Waals surface area contributed by atoms with Gasteiger partial charge in [-0.05, 0) is 6.92 Å². The second kappa shape index (κ2) is 6.10. The van der Waals surface area contributed by atoms with Crippen molar-refractivity contribution in [2.75, 3.05) is 0 Å². The van der Waals surface area contributed by atoms with Crippen molar-refractivity contribution in [1.82, 2.24) is 0 Å². The maximum atomic E-state index is 10.5. The first-order chi connectivity index (χ1) is 6.13. The molecule has 0 aliphatic heterocycles. The van der Waals surface area contributed by atoms with Crippen LogP contribution in [0.1, 0.15) is 11.8 Å². The Morgan fingerprint density at radius 1 is 1.79 bits per heavy atom. The molecule has 0 aliphatic rings. The fraction of sp³-hybridized carbons (Fsp3) is 0.500. The fourth-order valence-corrected chi connectivity index (χ4v) is 1.90. The molecule has 6 heteroatoms. The Bertz CT molecular complexity index is 303. The summed E-state index contributed by atoms with van der Waals surface area (Å²) in [4.78, 5) is 11.5. The second-order valence-corrected chi connectivity index (χ2v) is 3.77. The normalized spacial score (nSPS) is 11.9. The molecule has 3 N–H and O–H groups in total. The van der Waals surface area contributed by atoms with Gasteiger partial charge in [0.15, 0.2) is 6.20 Å². The zero-order valence-corrected chi connectivity index (χ0v) is 10.2. The molecule has 80 valence electrons. The molecule has 1 rings (SSSR count). The molecular weight excluding hydrogens is 268 g/mol. The molecule has 1 aromatic heterocycles. The number of nitrogens with two attached hydrogens (primary N) is 1. The molecule has 0 spiro atoms. The zero-order chi connectivity index (χ0) is 9.84. The molecule has 0 saturated carbocycles. The number of halogens is 1. The second-order valence-electron chi connectivity index (χ2n) is 2.80. The Hall–Kier alpha value is -0.460. The predicted octanol–water partition coefficient (Wildman–Crippen LogP) is -2.99. The van der Waals surface area contributed by atoms with Gasteiger partial charge < -0.3 is 27.8 Å². The number of aromatic nitrogens is 1. The number of carboxylic acid groups (broad SMARTS) is 1. The lowest BCUT2D eigenvalue weighted by molar-refractivity contribution is -0.689. The van der Waals surface area contributed by atoms with Crippen molar-refractivity contribution in [3.05, 3.63) is 16.6 Å². The van der Waals surface area contributed by atoms with Crippen molar-refractivity contribution in [3.8, 4) is 0 Å². The Kier molecular flexibility index (Phi) is 5.90. The summed E-state index contributed by atoms with van der Waals surface area (Å²) in [5.41, 5.74) is 7.36. The van der Waals surface area contributed by atoms with Crippen LogP contribution in [0.2, 0.25) is 0 Å². The van der Waals surface area contributed by atoms with Crippen LogP contribution in [-0.2, 0) is 17.8 Å². The summed E-state index contributed by atoms with van der Waals surface area (Å²) in [5, 5.41) is 8.58. The van der Waals surface area contributed by atoms with Gasteiger partial charge in [0, 0.05) is 6.42 Å². The minimum absolute atomic E-state index is 0. The SMILES string of the molecule is CC[n+]1csc(C[C@H](N)C(=O)O)c1.[Br-]. The molecule has 1 heterocycles. The van der Waals surface area contributed by atoms with E-state index in [0.717, 1.165) is 11.4 Å². The molecule has 0 unspecified atom stereocenters. The van der Waals surface area contributed by atoms with Gasteiger partial charge in [-0.1, -0.05) is 11.3 Å². The number of hydrogen-bond acceptors (Lipinski definition) is 3. The van der Waals surface area contributed by atoms with E-state index >= 15 is 0 Å². The summed E-state index contributed by atoms with van der Waals surface area (Å²) in [6, 6.07) is -0.788. The van der Waals surface area contributed by atoms with Gasteiger partial charge in [0.05, 0.1) is 4.88 Å². The lowest BCUT2D eigenvalue weighted by atomic mass is 10.2. The molecule has 0 saturated heterocycles. The highest BCUT2D eigenvalue weighted by Crippen LogP contribution is 2.06. The summed E-state index contributed by atoms with van der Waals surface area (Å²) in [6.07, 6.45) is 2.35. The highest BCUT2D eigenvalue weighted by Gasteiger charge is 2.15. The van der Waals surface area contributed by atoms with Crippen LogP contribution in [0.5, 0.6) is 0 Å². The van der Waals surface area contributed by atoms with Gasteiger partial charge in [-0.15, -0.1) is 0 Å². The maximum absolute atomic E-state index is 10.5. The largest absolute Gasteiger partial charge is 1.00 e. The lowest BCUT2D eigenvalue weighted by Crippen LogP contribution is -3.00. The van der Waals surface area contributed by atoms with Gasteiger partial charge in [0.1, 0.15) is 12.6 Å². The van der Waals surface area contributed by atoms with Crippen molar-refractivity contribution >= 4 is 17.3 Å². The highest BCUT2D eigenvalue weighted by atomic mass is 79.9. The van der Waals surface area contributed by atoms with E-state index in [0.29, 0.717) is 6.42 Å². The van der Waals surface area contributed by atoms with Gasteiger partial charge in [-0.3, -0.25) is 4.79 Å². The topological polar surface area (TPSA) is 67.2 Å². The van der Waals surface area contributed by atoms with E-state index in [4.69, 9.17) is 10.8 Å². The summed E-state index contributed by atoms with van der Waals surface area (Å²) >= 11 is 1.54. The van der Waals surface area contributed by atoms with Crippen molar-refractivity contribution in [1.29, 1.82) is 0 Å². The molecule has 0 amide bonds. The van der Waals surface area contributed by atoms with Crippen LogP contribution in [0.4, 0.5) is 0 Å². The summed E-state index contributed by atoms with van der Waals surface area (Å²) in [5.74, 6) is -0.948. The first-order valence-corrected chi connectivity index (χ1v) is 4.96. The Balaban J connectivity index is 0.00000169. The van der Waals surface area contributed by atoms with Crippen LogP contribution in [-0.4, -0.2) is 17.1 Å². The molecular formula is C8H13BrN2O2S. The average Bonchev–Trinajstić information content (AvgIpc) is 2.52. The minimum Gasteiger partial charge on any atom is -1.00 e. The van der Waals surface area contributed by atoms with Gasteiger partial charge in [-0.2, -0.15) is 4.57 Å². The first kappa shape index (κ1) is 13.5. The van der Waals surface area contributed by atoms with Crippen molar-refractivity contribution in [2.24, 2.45) is 5.73 Å². The van der Waals surface area contributed by atoms with Crippen LogP contribution >= 0.6 is 11.3 Å². The Morgan fingerprint density at radius 3 is 2.86 bits per heavy atom. The molecule has 0 bridgehead atoms. The van der Waals surface area contributed by atoms with E-state index < -0.39 is 12.0 Å². The third kappa shape index (κ3) is 3.73. The number of aliphatic carboxylic acids is 1. The van der Waals surface area contributed by atoms with E-state index in [-0.39, 0.29) is 17.0 Å². The first-order valence-electron chi connectivity index (χ1n) is 4.08. The van der Waals surface area contributed by atoms with E-state index in [1.54, 1.807) is 0 Å². The van der Waals surface area contributed by atoms with Crippen molar-refractivity contribution < 1.29 is 31.4 Å². The van der Waals surface area contributed by atoms with Gasteiger partial charge in [0.25, 0.3) is 0 Å². The molecule has 0 fully saturated rings. The molecule has 0 aromatic carbocycles. The third-order valence-electron chi connectivity index (χ3n) is 1.75. The minimum atomic E-state index is -0.948. The number of carboxylic acids is 1. The monoisotopic (exact) mass is 280 g/mol. The van der Waals surface area contributed by atoms with Crippen molar-refractivity contribution in [3.63, 3.8) is 0 Å². The number of aryl methyl sites for hydroxylation is 1. The summed E-state index contributed by atoms with van der Waals surface area (Å²) < 4.78 is 2.01. The van der Waals surface area contributed by atoms with E-state index in [1.807, 2.05) is 23.2 Å². The highest BCUT2D eigenvalue weighted by molar-refractivity contribution is 7.09. The molecule has 0 aliphatic carbocycles. The maximum Gasteiger partial charge on any atom is 0.320 e. The Morgan fingerprint density at radius 2 is 2.43 bits per heavy atom. The Labute approximate surface area is 97.1 Å². The average molecular weight is 281 g/mol. The number of carbonyl (C=O) groups is 1. The van der Waals surface area contributed by atoms with E-state index in [9.17, 15) is 4.79 Å². The predicted molar refractivity (Wildman–Crippen MR) is 49.5 cm³/mol. The van der Waals surface area contributed by atoms with E-state index in [2.05, 4.69) is 0 Å². The van der Waals surface area contributed by atoms with Crippen LogP contribution in [0.25, 0.3) is 0 Å². The number of thiazole rings is 1. The summed E-state index contributed by atoms with van der Waals surface area (Å²) in [7, 11) is 0. The quantitative estimate of drug-likeness (QED) is 0.579. The van der Waals surface area contributed by atoms with Crippen molar-refractivity contribution in [2.45, 2.75) is 25.9 Å². The number of rotatable bonds is 4. The van der Waals surface area contributed by atoms with Crippen LogP contribution in [0.15, 0.2) is 11.7 Å². The van der Waals surface area contributed by atoms with Crippen LogP contribution in [0, 0.1) is 0 Å². The fourth-order valence-electron chi connectivity index (χ4n) is 0.952. The molecule has 1 atom stereocenters. The summed E-state index contributed by atoms with van der Waals surface area (Å²) in [6.45, 7) is 2.94. The molecule has 1 aromatic rings. The molecule has 14 heavy (non-hydrogen) atoms.